The molecule has 1 heterocycles. The lowest BCUT2D eigenvalue weighted by Gasteiger charge is -2.17. The standard InChI is InChI=1S/C15H19N5OS/c1-3-20-13(14(16)21)12(9-17-20)19-15(22)18-10(2)11-7-5-4-6-8-11/h4-10H,3H2,1-2H3,(H2,16,21)(H2,18,19,22). The number of benzene rings is 1. The molecule has 0 aliphatic rings. The van der Waals surface area contributed by atoms with Crippen LogP contribution >= 0.6 is 12.2 Å². The zero-order valence-electron chi connectivity index (χ0n) is 12.5. The maximum Gasteiger partial charge on any atom is 0.269 e. The highest BCUT2D eigenvalue weighted by atomic mass is 32.1. The van der Waals surface area contributed by atoms with Gasteiger partial charge in [-0.2, -0.15) is 5.10 Å². The summed E-state index contributed by atoms with van der Waals surface area (Å²) in [5, 5.41) is 10.7. The molecule has 4 N–H and O–H groups in total. The fourth-order valence-electron chi connectivity index (χ4n) is 2.16. The van der Waals surface area contributed by atoms with Crippen molar-refractivity contribution in [1.29, 1.82) is 0 Å². The third kappa shape index (κ3) is 3.62. The van der Waals surface area contributed by atoms with Crippen molar-refractivity contribution < 1.29 is 4.79 Å². The van der Waals surface area contributed by atoms with Crippen LogP contribution < -0.4 is 16.4 Å². The number of hydrogen-bond acceptors (Lipinski definition) is 3. The average Bonchev–Trinajstić information content (AvgIpc) is 2.90. The summed E-state index contributed by atoms with van der Waals surface area (Å²) in [7, 11) is 0. The minimum atomic E-state index is -0.541. The number of thiocarbonyl (C=S) groups is 1. The van der Waals surface area contributed by atoms with Crippen molar-refractivity contribution in [2.24, 2.45) is 5.73 Å². The first-order valence-electron chi connectivity index (χ1n) is 7.01. The predicted molar refractivity (Wildman–Crippen MR) is 90.6 cm³/mol. The number of hydrogen-bond donors (Lipinski definition) is 3. The highest BCUT2D eigenvalue weighted by molar-refractivity contribution is 7.80. The van der Waals surface area contributed by atoms with E-state index < -0.39 is 5.91 Å². The van der Waals surface area contributed by atoms with E-state index in [1.807, 2.05) is 44.2 Å². The van der Waals surface area contributed by atoms with E-state index in [4.69, 9.17) is 18.0 Å². The van der Waals surface area contributed by atoms with Gasteiger partial charge in [0.05, 0.1) is 17.9 Å². The third-order valence-corrected chi connectivity index (χ3v) is 3.49. The number of amides is 1. The lowest BCUT2D eigenvalue weighted by Crippen LogP contribution is -2.31. The molecule has 0 fully saturated rings. The first-order valence-corrected chi connectivity index (χ1v) is 7.41. The number of carbonyl (C=O) groups excluding carboxylic acids is 1. The van der Waals surface area contributed by atoms with E-state index in [9.17, 15) is 4.79 Å². The molecule has 1 aromatic heterocycles. The summed E-state index contributed by atoms with van der Waals surface area (Å²) in [6, 6.07) is 9.99. The van der Waals surface area contributed by atoms with Crippen LogP contribution in [0.25, 0.3) is 0 Å². The molecule has 0 spiro atoms. The Hall–Kier alpha value is -2.41. The number of nitrogens with two attached hydrogens (primary N) is 1. The molecule has 0 aliphatic carbocycles. The highest BCUT2D eigenvalue weighted by Gasteiger charge is 2.16. The molecule has 116 valence electrons. The van der Waals surface area contributed by atoms with Crippen LogP contribution in [0.4, 0.5) is 5.69 Å². The summed E-state index contributed by atoms with van der Waals surface area (Å²) in [6.45, 7) is 4.45. The molecule has 1 atom stereocenters. The molecular formula is C15H19N5OS. The zero-order chi connectivity index (χ0) is 16.1. The summed E-state index contributed by atoms with van der Waals surface area (Å²) in [5.41, 5.74) is 7.34. The van der Waals surface area contributed by atoms with Crippen molar-refractivity contribution >= 4 is 28.9 Å². The largest absolute Gasteiger partial charge is 0.364 e. The normalized spacial score (nSPS) is 11.7. The number of rotatable bonds is 5. The van der Waals surface area contributed by atoms with Gasteiger partial charge in [0.15, 0.2) is 5.11 Å². The van der Waals surface area contributed by atoms with E-state index in [1.54, 1.807) is 6.20 Å². The van der Waals surface area contributed by atoms with Gasteiger partial charge in [-0.15, -0.1) is 0 Å². The predicted octanol–water partition coefficient (Wildman–Crippen LogP) is 2.05. The van der Waals surface area contributed by atoms with Crippen LogP contribution in [-0.2, 0) is 6.54 Å². The second kappa shape index (κ2) is 7.04. The van der Waals surface area contributed by atoms with E-state index in [0.29, 0.717) is 23.0 Å². The lowest BCUT2D eigenvalue weighted by molar-refractivity contribution is 0.0991. The van der Waals surface area contributed by atoms with Gasteiger partial charge in [0.2, 0.25) is 0 Å². The molecule has 1 aromatic carbocycles. The van der Waals surface area contributed by atoms with Gasteiger partial charge < -0.3 is 16.4 Å². The monoisotopic (exact) mass is 317 g/mol. The van der Waals surface area contributed by atoms with Gasteiger partial charge in [0.25, 0.3) is 5.91 Å². The number of aryl methyl sites for hydroxylation is 1. The smallest absolute Gasteiger partial charge is 0.269 e. The molecule has 0 bridgehead atoms. The fraction of sp³-hybridized carbons (Fsp3) is 0.267. The zero-order valence-corrected chi connectivity index (χ0v) is 13.4. The quantitative estimate of drug-likeness (QED) is 0.735. The first-order chi connectivity index (χ1) is 10.5. The van der Waals surface area contributed by atoms with Crippen LogP contribution in [-0.4, -0.2) is 20.8 Å². The number of nitrogens with zero attached hydrogens (tertiary/aromatic N) is 2. The Kier molecular flexibility index (Phi) is 5.11. The second-order valence-corrected chi connectivity index (χ2v) is 5.23. The van der Waals surface area contributed by atoms with Crippen LogP contribution in [0, 0.1) is 0 Å². The Morgan fingerprint density at radius 1 is 1.41 bits per heavy atom. The Bertz CT molecular complexity index is 668. The summed E-state index contributed by atoms with van der Waals surface area (Å²) in [6.07, 6.45) is 1.55. The van der Waals surface area contributed by atoms with Gasteiger partial charge in [-0.25, -0.2) is 0 Å². The maximum atomic E-state index is 11.5. The van der Waals surface area contributed by atoms with Gasteiger partial charge in [0.1, 0.15) is 5.69 Å². The highest BCUT2D eigenvalue weighted by Crippen LogP contribution is 2.16. The minimum Gasteiger partial charge on any atom is -0.364 e. The van der Waals surface area contributed by atoms with Crippen molar-refractivity contribution in [3.05, 3.63) is 47.8 Å². The summed E-state index contributed by atoms with van der Waals surface area (Å²) < 4.78 is 1.54. The van der Waals surface area contributed by atoms with Gasteiger partial charge in [0, 0.05) is 6.54 Å². The number of anilines is 1. The van der Waals surface area contributed by atoms with Crippen LogP contribution in [0.3, 0.4) is 0 Å². The Morgan fingerprint density at radius 2 is 2.09 bits per heavy atom. The van der Waals surface area contributed by atoms with Crippen LogP contribution in [0.2, 0.25) is 0 Å². The van der Waals surface area contributed by atoms with Crippen molar-refractivity contribution in [2.45, 2.75) is 26.4 Å². The summed E-state index contributed by atoms with van der Waals surface area (Å²) in [4.78, 5) is 11.5. The van der Waals surface area contributed by atoms with Crippen LogP contribution in [0.5, 0.6) is 0 Å². The van der Waals surface area contributed by atoms with Gasteiger partial charge in [-0.1, -0.05) is 30.3 Å². The van der Waals surface area contributed by atoms with Crippen LogP contribution in [0.15, 0.2) is 36.5 Å². The third-order valence-electron chi connectivity index (χ3n) is 3.27. The lowest BCUT2D eigenvalue weighted by atomic mass is 10.1. The van der Waals surface area contributed by atoms with Crippen molar-refractivity contribution in [1.82, 2.24) is 15.1 Å². The molecule has 0 saturated carbocycles. The molecule has 22 heavy (non-hydrogen) atoms. The Morgan fingerprint density at radius 3 is 2.68 bits per heavy atom. The average molecular weight is 317 g/mol. The SMILES string of the molecule is CCn1ncc(NC(=S)NC(C)c2ccccc2)c1C(N)=O. The number of primary amides is 1. The molecule has 6 nitrogen and oxygen atoms in total. The minimum absolute atomic E-state index is 0.0412. The first kappa shape index (κ1) is 16.0. The van der Waals surface area contributed by atoms with Crippen molar-refractivity contribution in [3.8, 4) is 0 Å². The Labute approximate surface area is 134 Å². The summed E-state index contributed by atoms with van der Waals surface area (Å²) >= 11 is 5.29. The van der Waals surface area contributed by atoms with E-state index in [1.165, 1.54) is 4.68 Å². The number of nitrogens with one attached hydrogen (secondary N) is 2. The molecule has 2 rings (SSSR count). The number of aromatic nitrogens is 2. The van der Waals surface area contributed by atoms with E-state index >= 15 is 0 Å². The molecule has 2 aromatic rings. The van der Waals surface area contributed by atoms with Crippen LogP contribution in [0.1, 0.15) is 35.9 Å². The van der Waals surface area contributed by atoms with E-state index in [2.05, 4.69) is 15.7 Å². The Balaban J connectivity index is 2.07. The molecule has 0 radical (unpaired) electrons. The molecule has 0 aliphatic heterocycles. The van der Waals surface area contributed by atoms with E-state index in [-0.39, 0.29) is 6.04 Å². The molecular weight excluding hydrogens is 298 g/mol. The van der Waals surface area contributed by atoms with Crippen molar-refractivity contribution in [2.75, 3.05) is 5.32 Å². The number of carbonyl (C=O) groups is 1. The van der Waals surface area contributed by atoms with Gasteiger partial charge in [-0.05, 0) is 31.6 Å². The maximum absolute atomic E-state index is 11.5. The summed E-state index contributed by atoms with van der Waals surface area (Å²) in [5.74, 6) is -0.541. The molecule has 1 unspecified atom stereocenters. The second-order valence-electron chi connectivity index (χ2n) is 4.82. The van der Waals surface area contributed by atoms with E-state index in [0.717, 1.165) is 5.56 Å². The van der Waals surface area contributed by atoms with Gasteiger partial charge >= 0.3 is 0 Å². The molecule has 7 heteroatoms. The molecule has 1 amide bonds. The molecule has 0 saturated heterocycles. The topological polar surface area (TPSA) is 85.0 Å². The van der Waals surface area contributed by atoms with Crippen molar-refractivity contribution in [3.63, 3.8) is 0 Å². The van der Waals surface area contributed by atoms with Gasteiger partial charge in [-0.3, -0.25) is 9.48 Å². The fourth-order valence-corrected chi connectivity index (χ4v) is 2.44.